The number of aromatic carboxylic acids is 1. The zero-order valence-corrected chi connectivity index (χ0v) is 9.60. The summed E-state index contributed by atoms with van der Waals surface area (Å²) in [5.41, 5.74) is 0. The van der Waals surface area contributed by atoms with Crippen molar-refractivity contribution in [2.24, 2.45) is 0 Å². The van der Waals surface area contributed by atoms with Crippen LogP contribution >= 0.6 is 22.7 Å². The molecule has 0 aliphatic rings. The number of amides is 1. The Morgan fingerprint density at radius 2 is 2.00 bits per heavy atom. The number of nitrogens with one attached hydrogen (secondary N) is 1. The maximum atomic E-state index is 11.6. The summed E-state index contributed by atoms with van der Waals surface area (Å²) in [6, 6.07) is 6.55. The van der Waals surface area contributed by atoms with E-state index < -0.39 is 5.97 Å². The predicted molar refractivity (Wildman–Crippen MR) is 63.6 cm³/mol. The Balaban J connectivity index is 2.09. The number of carbonyl (C=O) groups is 2. The Kier molecular flexibility index (Phi) is 3.02. The van der Waals surface area contributed by atoms with Crippen molar-refractivity contribution >= 4 is 39.6 Å². The number of thiophene rings is 2. The summed E-state index contributed by atoms with van der Waals surface area (Å²) in [5.74, 6) is -1.20. The molecular weight excluding hydrogens is 246 g/mol. The molecule has 0 radical (unpaired) electrons. The zero-order valence-electron chi connectivity index (χ0n) is 7.97. The molecule has 1 amide bonds. The third-order valence-corrected chi connectivity index (χ3v) is 3.66. The summed E-state index contributed by atoms with van der Waals surface area (Å²) in [6.07, 6.45) is 0. The van der Waals surface area contributed by atoms with E-state index in [-0.39, 0.29) is 10.8 Å². The van der Waals surface area contributed by atoms with Gasteiger partial charge in [0.2, 0.25) is 0 Å². The molecule has 0 aliphatic heterocycles. The number of hydrogen-bond acceptors (Lipinski definition) is 4. The van der Waals surface area contributed by atoms with Gasteiger partial charge >= 0.3 is 5.97 Å². The average Bonchev–Trinajstić information content (AvgIpc) is 2.87. The third kappa shape index (κ3) is 2.29. The summed E-state index contributed by atoms with van der Waals surface area (Å²) in [6.45, 7) is 0. The lowest BCUT2D eigenvalue weighted by Crippen LogP contribution is -2.08. The van der Waals surface area contributed by atoms with Crippen LogP contribution in [0.2, 0.25) is 0 Å². The van der Waals surface area contributed by atoms with Gasteiger partial charge in [-0.3, -0.25) is 4.79 Å². The molecule has 16 heavy (non-hydrogen) atoms. The largest absolute Gasteiger partial charge is 0.477 e. The minimum absolute atomic E-state index is 0.210. The Morgan fingerprint density at radius 3 is 2.56 bits per heavy atom. The fraction of sp³-hybridized carbons (Fsp3) is 0. The number of anilines is 1. The van der Waals surface area contributed by atoms with Gasteiger partial charge in [0.15, 0.2) is 0 Å². The van der Waals surface area contributed by atoms with E-state index in [1.807, 2.05) is 5.38 Å². The van der Waals surface area contributed by atoms with Gasteiger partial charge in [-0.1, -0.05) is 6.07 Å². The molecule has 2 rings (SSSR count). The summed E-state index contributed by atoms with van der Waals surface area (Å²) in [7, 11) is 0. The van der Waals surface area contributed by atoms with Crippen LogP contribution in [0.25, 0.3) is 0 Å². The lowest BCUT2D eigenvalue weighted by Gasteiger charge is -1.98. The van der Waals surface area contributed by atoms with Crippen molar-refractivity contribution in [3.63, 3.8) is 0 Å². The van der Waals surface area contributed by atoms with Gasteiger partial charge in [-0.25, -0.2) is 4.79 Å². The molecule has 2 aromatic heterocycles. The molecule has 2 heterocycles. The molecule has 0 aromatic carbocycles. The SMILES string of the molecule is O=C(O)c1ccc(NC(=O)c2cccs2)s1. The molecule has 4 nitrogen and oxygen atoms in total. The Morgan fingerprint density at radius 1 is 1.19 bits per heavy atom. The third-order valence-electron chi connectivity index (χ3n) is 1.80. The molecule has 2 N–H and O–H groups in total. The fourth-order valence-corrected chi connectivity index (χ4v) is 2.46. The maximum absolute atomic E-state index is 11.6. The quantitative estimate of drug-likeness (QED) is 0.883. The highest BCUT2D eigenvalue weighted by atomic mass is 32.1. The van der Waals surface area contributed by atoms with Crippen molar-refractivity contribution in [1.29, 1.82) is 0 Å². The summed E-state index contributed by atoms with van der Waals surface area (Å²) in [5, 5.41) is 13.7. The van der Waals surface area contributed by atoms with Crippen LogP contribution in [0.4, 0.5) is 5.00 Å². The van der Waals surface area contributed by atoms with Crippen LogP contribution < -0.4 is 5.32 Å². The van der Waals surface area contributed by atoms with Crippen molar-refractivity contribution in [3.8, 4) is 0 Å². The first-order chi connectivity index (χ1) is 7.66. The summed E-state index contributed by atoms with van der Waals surface area (Å²) >= 11 is 2.38. The van der Waals surface area contributed by atoms with Gasteiger partial charge in [0.05, 0.1) is 9.88 Å². The first-order valence-corrected chi connectivity index (χ1v) is 6.04. The first kappa shape index (κ1) is 10.8. The van der Waals surface area contributed by atoms with Crippen LogP contribution in [0.1, 0.15) is 19.3 Å². The molecule has 0 saturated carbocycles. The van der Waals surface area contributed by atoms with Gasteiger partial charge in [0.25, 0.3) is 5.91 Å². The van der Waals surface area contributed by atoms with Crippen molar-refractivity contribution in [2.45, 2.75) is 0 Å². The lowest BCUT2D eigenvalue weighted by atomic mass is 10.4. The van der Waals surface area contributed by atoms with Crippen LogP contribution in [-0.4, -0.2) is 17.0 Å². The van der Waals surface area contributed by atoms with E-state index in [1.54, 1.807) is 18.2 Å². The number of carboxylic acids is 1. The van der Waals surface area contributed by atoms with Crippen LogP contribution in [0.15, 0.2) is 29.6 Å². The second kappa shape index (κ2) is 4.46. The van der Waals surface area contributed by atoms with E-state index in [1.165, 1.54) is 17.4 Å². The van der Waals surface area contributed by atoms with E-state index in [0.29, 0.717) is 9.88 Å². The molecule has 0 fully saturated rings. The predicted octanol–water partition coefficient (Wildman–Crippen LogP) is 2.76. The number of carboxylic acid groups (broad SMARTS) is 1. The van der Waals surface area contributed by atoms with Gasteiger partial charge in [-0.15, -0.1) is 22.7 Å². The monoisotopic (exact) mass is 253 g/mol. The summed E-state index contributed by atoms with van der Waals surface area (Å²) < 4.78 is 0. The molecule has 82 valence electrons. The second-order valence-corrected chi connectivity index (χ2v) is 4.93. The first-order valence-electron chi connectivity index (χ1n) is 4.35. The standard InChI is InChI=1S/C10H7NO3S2/c12-9(6-2-1-5-15-6)11-8-4-3-7(16-8)10(13)14/h1-5H,(H,11,12)(H,13,14). The van der Waals surface area contributed by atoms with Crippen LogP contribution in [0, 0.1) is 0 Å². The van der Waals surface area contributed by atoms with Gasteiger partial charge in [0.1, 0.15) is 4.88 Å². The van der Waals surface area contributed by atoms with Crippen molar-refractivity contribution in [1.82, 2.24) is 0 Å². The second-order valence-electron chi connectivity index (χ2n) is 2.90. The van der Waals surface area contributed by atoms with Crippen molar-refractivity contribution in [3.05, 3.63) is 39.4 Å². The number of hydrogen-bond donors (Lipinski definition) is 2. The molecule has 6 heteroatoms. The van der Waals surface area contributed by atoms with Crippen LogP contribution in [0.3, 0.4) is 0 Å². The van der Waals surface area contributed by atoms with Gasteiger partial charge in [-0.2, -0.15) is 0 Å². The molecule has 0 saturated heterocycles. The van der Waals surface area contributed by atoms with E-state index in [2.05, 4.69) is 5.32 Å². The maximum Gasteiger partial charge on any atom is 0.345 e. The van der Waals surface area contributed by atoms with Gasteiger partial charge < -0.3 is 10.4 Å². The molecule has 0 unspecified atom stereocenters. The molecule has 0 atom stereocenters. The number of rotatable bonds is 3. The molecule has 0 spiro atoms. The molecule has 0 bridgehead atoms. The van der Waals surface area contributed by atoms with Crippen molar-refractivity contribution < 1.29 is 14.7 Å². The minimum atomic E-state index is -0.985. The number of carbonyl (C=O) groups excluding carboxylic acids is 1. The molecule has 2 aromatic rings. The van der Waals surface area contributed by atoms with E-state index in [0.717, 1.165) is 11.3 Å². The van der Waals surface area contributed by atoms with Gasteiger partial charge in [0, 0.05) is 0 Å². The highest BCUT2D eigenvalue weighted by Crippen LogP contribution is 2.23. The molecular formula is C10H7NO3S2. The summed E-state index contributed by atoms with van der Waals surface area (Å²) in [4.78, 5) is 23.1. The Labute approximate surface area is 99.2 Å². The molecule has 0 aliphatic carbocycles. The highest BCUT2D eigenvalue weighted by Gasteiger charge is 2.10. The Hall–Kier alpha value is -1.66. The lowest BCUT2D eigenvalue weighted by molar-refractivity contribution is 0.0702. The fourth-order valence-electron chi connectivity index (χ4n) is 1.10. The van der Waals surface area contributed by atoms with Crippen LogP contribution in [-0.2, 0) is 0 Å². The highest BCUT2D eigenvalue weighted by molar-refractivity contribution is 7.18. The Bertz CT molecular complexity index is 516. The van der Waals surface area contributed by atoms with Crippen LogP contribution in [0.5, 0.6) is 0 Å². The minimum Gasteiger partial charge on any atom is -0.477 e. The van der Waals surface area contributed by atoms with Gasteiger partial charge in [-0.05, 0) is 23.6 Å². The van der Waals surface area contributed by atoms with E-state index >= 15 is 0 Å². The van der Waals surface area contributed by atoms with E-state index in [4.69, 9.17) is 5.11 Å². The van der Waals surface area contributed by atoms with Crippen molar-refractivity contribution in [2.75, 3.05) is 5.32 Å². The average molecular weight is 253 g/mol. The smallest absolute Gasteiger partial charge is 0.345 e. The zero-order chi connectivity index (χ0) is 11.5. The van der Waals surface area contributed by atoms with E-state index in [9.17, 15) is 9.59 Å². The topological polar surface area (TPSA) is 66.4 Å². The normalized spacial score (nSPS) is 10.0.